The molecule has 0 aromatic heterocycles. The lowest BCUT2D eigenvalue weighted by molar-refractivity contribution is -0.116. The van der Waals surface area contributed by atoms with E-state index in [1.54, 1.807) is 6.08 Å². The first-order valence-electron chi connectivity index (χ1n) is 5.16. The van der Waals surface area contributed by atoms with Crippen molar-refractivity contribution in [2.75, 3.05) is 34.2 Å². The number of carbonyl (C=O) groups excluding carboxylic acids is 1. The number of fused-ring (bicyclic) bond motifs is 1. The Hall–Kier alpha value is -0.830. The van der Waals surface area contributed by atoms with Gasteiger partial charge in [-0.15, -0.1) is 0 Å². The molecule has 0 N–H and O–H groups in total. The second-order valence-electron chi connectivity index (χ2n) is 4.76. The predicted molar refractivity (Wildman–Crippen MR) is 55.8 cm³/mol. The van der Waals surface area contributed by atoms with Crippen LogP contribution in [0.3, 0.4) is 0 Å². The first kappa shape index (κ1) is 9.71. The molecular formula is C11H18N2O. The molecule has 3 atom stereocenters. The van der Waals surface area contributed by atoms with Gasteiger partial charge in [-0.3, -0.25) is 4.79 Å². The maximum atomic E-state index is 11.7. The van der Waals surface area contributed by atoms with Crippen LogP contribution in [-0.2, 0) is 4.79 Å². The zero-order chi connectivity index (χ0) is 10.3. The van der Waals surface area contributed by atoms with Crippen LogP contribution in [0.4, 0.5) is 0 Å². The molecule has 1 heterocycles. The van der Waals surface area contributed by atoms with Gasteiger partial charge in [-0.1, -0.05) is 0 Å². The molecule has 0 radical (unpaired) electrons. The zero-order valence-electron chi connectivity index (χ0n) is 9.10. The van der Waals surface area contributed by atoms with E-state index in [0.717, 1.165) is 13.1 Å². The summed E-state index contributed by atoms with van der Waals surface area (Å²) < 4.78 is 0. The van der Waals surface area contributed by atoms with Crippen LogP contribution in [0, 0.1) is 17.8 Å². The van der Waals surface area contributed by atoms with Crippen LogP contribution in [0.2, 0.25) is 0 Å². The number of ketones is 1. The summed E-state index contributed by atoms with van der Waals surface area (Å²) in [7, 11) is 6.00. The Labute approximate surface area is 85.4 Å². The van der Waals surface area contributed by atoms with Crippen LogP contribution in [0.5, 0.6) is 0 Å². The molecule has 0 aromatic rings. The first-order valence-corrected chi connectivity index (χ1v) is 5.16. The standard InChI is InChI=1S/C11H18N2O/c1-12(2)5-4-10(14)11-8-6-13(3)7-9(8)11/h4-5,8-9,11H,6-7H2,1-3H3/b5-4+/t8-,9+,11?. The molecule has 1 unspecified atom stereocenters. The van der Waals surface area contributed by atoms with Crippen molar-refractivity contribution in [2.24, 2.45) is 17.8 Å². The number of allylic oxidation sites excluding steroid dienone is 1. The molecule has 1 aliphatic carbocycles. The van der Waals surface area contributed by atoms with Crippen molar-refractivity contribution in [3.05, 3.63) is 12.3 Å². The van der Waals surface area contributed by atoms with Crippen molar-refractivity contribution in [1.29, 1.82) is 0 Å². The molecule has 2 fully saturated rings. The van der Waals surface area contributed by atoms with Gasteiger partial charge in [0.05, 0.1) is 0 Å². The third-order valence-corrected chi connectivity index (χ3v) is 3.24. The number of nitrogens with zero attached hydrogens (tertiary/aromatic N) is 2. The normalized spacial score (nSPS) is 36.1. The Balaban J connectivity index is 1.86. The summed E-state index contributed by atoms with van der Waals surface area (Å²) in [5, 5.41) is 0. The monoisotopic (exact) mass is 194 g/mol. The van der Waals surface area contributed by atoms with Crippen molar-refractivity contribution in [1.82, 2.24) is 9.80 Å². The van der Waals surface area contributed by atoms with E-state index in [1.807, 2.05) is 25.2 Å². The third-order valence-electron chi connectivity index (χ3n) is 3.24. The molecular weight excluding hydrogens is 176 g/mol. The fourth-order valence-corrected chi connectivity index (χ4v) is 2.49. The van der Waals surface area contributed by atoms with Crippen molar-refractivity contribution in [2.45, 2.75) is 0 Å². The van der Waals surface area contributed by atoms with Crippen LogP contribution in [-0.4, -0.2) is 49.8 Å². The summed E-state index contributed by atoms with van der Waals surface area (Å²) in [6, 6.07) is 0. The quantitative estimate of drug-likeness (QED) is 0.609. The van der Waals surface area contributed by atoms with Gasteiger partial charge in [0.1, 0.15) is 0 Å². The number of piperidine rings is 1. The van der Waals surface area contributed by atoms with Crippen molar-refractivity contribution in [3.8, 4) is 0 Å². The van der Waals surface area contributed by atoms with E-state index < -0.39 is 0 Å². The summed E-state index contributed by atoms with van der Waals surface area (Å²) in [6.07, 6.45) is 3.57. The number of carbonyl (C=O) groups is 1. The Bertz CT molecular complexity index is 260. The van der Waals surface area contributed by atoms with Gasteiger partial charge in [0.2, 0.25) is 0 Å². The summed E-state index contributed by atoms with van der Waals surface area (Å²) in [5.74, 6) is 1.96. The third kappa shape index (κ3) is 1.69. The molecule has 0 aromatic carbocycles. The van der Waals surface area contributed by atoms with E-state index >= 15 is 0 Å². The fourth-order valence-electron chi connectivity index (χ4n) is 2.49. The summed E-state index contributed by atoms with van der Waals surface area (Å²) in [6.45, 7) is 2.22. The molecule has 14 heavy (non-hydrogen) atoms. The largest absolute Gasteiger partial charge is 0.383 e. The molecule has 78 valence electrons. The van der Waals surface area contributed by atoms with Gasteiger partial charge in [0, 0.05) is 39.3 Å². The molecule has 2 rings (SSSR count). The number of rotatable bonds is 3. The lowest BCUT2D eigenvalue weighted by Crippen LogP contribution is -2.21. The smallest absolute Gasteiger partial charge is 0.160 e. The van der Waals surface area contributed by atoms with E-state index in [1.165, 1.54) is 0 Å². The van der Waals surface area contributed by atoms with Crippen LogP contribution in [0.1, 0.15) is 0 Å². The van der Waals surface area contributed by atoms with E-state index in [9.17, 15) is 4.79 Å². The minimum absolute atomic E-state index is 0.321. The second kappa shape index (κ2) is 3.39. The summed E-state index contributed by atoms with van der Waals surface area (Å²) in [5.41, 5.74) is 0. The van der Waals surface area contributed by atoms with Crippen molar-refractivity contribution in [3.63, 3.8) is 0 Å². The molecule has 3 heteroatoms. The predicted octanol–water partition coefficient (Wildman–Crippen LogP) is 0.438. The minimum Gasteiger partial charge on any atom is -0.383 e. The second-order valence-corrected chi connectivity index (χ2v) is 4.76. The Morgan fingerprint density at radius 1 is 1.36 bits per heavy atom. The Kier molecular flexibility index (Phi) is 2.35. The average molecular weight is 194 g/mol. The summed E-state index contributed by atoms with van der Waals surface area (Å²) >= 11 is 0. The van der Waals surface area contributed by atoms with E-state index in [0.29, 0.717) is 23.5 Å². The molecule has 0 spiro atoms. The average Bonchev–Trinajstić information content (AvgIpc) is 2.61. The number of hydrogen-bond acceptors (Lipinski definition) is 3. The van der Waals surface area contributed by atoms with Gasteiger partial charge in [-0.05, 0) is 25.0 Å². The van der Waals surface area contributed by atoms with Gasteiger partial charge in [0.15, 0.2) is 5.78 Å². The highest BCUT2D eigenvalue weighted by Crippen LogP contribution is 2.51. The highest BCUT2D eigenvalue weighted by molar-refractivity contribution is 5.94. The zero-order valence-corrected chi connectivity index (χ0v) is 9.10. The summed E-state index contributed by atoms with van der Waals surface area (Å²) in [4.78, 5) is 15.9. The molecule has 1 saturated heterocycles. The van der Waals surface area contributed by atoms with Gasteiger partial charge < -0.3 is 9.80 Å². The minimum atomic E-state index is 0.321. The Morgan fingerprint density at radius 2 is 1.93 bits per heavy atom. The van der Waals surface area contributed by atoms with Crippen molar-refractivity contribution < 1.29 is 4.79 Å². The molecule has 1 aliphatic heterocycles. The van der Waals surface area contributed by atoms with Crippen LogP contribution < -0.4 is 0 Å². The van der Waals surface area contributed by atoms with Gasteiger partial charge in [-0.25, -0.2) is 0 Å². The highest BCUT2D eigenvalue weighted by Gasteiger charge is 2.57. The molecule has 2 aliphatic rings. The molecule has 1 saturated carbocycles. The lowest BCUT2D eigenvalue weighted by atomic mass is 10.2. The topological polar surface area (TPSA) is 23.6 Å². The van der Waals surface area contributed by atoms with Crippen LogP contribution >= 0.6 is 0 Å². The van der Waals surface area contributed by atoms with Gasteiger partial charge in [0.25, 0.3) is 0 Å². The maximum Gasteiger partial charge on any atom is 0.160 e. The Morgan fingerprint density at radius 3 is 2.43 bits per heavy atom. The fraction of sp³-hybridized carbons (Fsp3) is 0.727. The van der Waals surface area contributed by atoms with Crippen LogP contribution in [0.25, 0.3) is 0 Å². The van der Waals surface area contributed by atoms with E-state index in [-0.39, 0.29) is 0 Å². The SMILES string of the molecule is CN(C)/C=C/C(=O)C1[C@H]2CN(C)C[C@@H]12. The maximum absolute atomic E-state index is 11.7. The number of hydrogen-bond donors (Lipinski definition) is 0. The lowest BCUT2D eigenvalue weighted by Gasteiger charge is -2.11. The molecule has 3 nitrogen and oxygen atoms in total. The van der Waals surface area contributed by atoms with Crippen LogP contribution in [0.15, 0.2) is 12.3 Å². The molecule has 0 bridgehead atoms. The van der Waals surface area contributed by atoms with E-state index in [2.05, 4.69) is 11.9 Å². The van der Waals surface area contributed by atoms with Crippen molar-refractivity contribution >= 4 is 5.78 Å². The first-order chi connectivity index (χ1) is 6.59. The van der Waals surface area contributed by atoms with Gasteiger partial charge in [-0.2, -0.15) is 0 Å². The van der Waals surface area contributed by atoms with Gasteiger partial charge >= 0.3 is 0 Å². The van der Waals surface area contributed by atoms with E-state index in [4.69, 9.17) is 0 Å². The highest BCUT2D eigenvalue weighted by atomic mass is 16.1. The number of likely N-dealkylation sites (tertiary alicyclic amines) is 1. The molecule has 0 amide bonds.